The number of aryl methyl sites for hydroxylation is 1. The molecule has 1 atom stereocenters. The Labute approximate surface area is 154 Å². The number of carboxylic acids is 1. The predicted octanol–water partition coefficient (Wildman–Crippen LogP) is 3.57. The van der Waals surface area contributed by atoms with Crippen molar-refractivity contribution in [2.24, 2.45) is 0 Å². The molecule has 25 heavy (non-hydrogen) atoms. The van der Waals surface area contributed by atoms with Crippen LogP contribution >= 0.6 is 23.2 Å². The molecule has 1 aliphatic rings. The molecule has 0 bridgehead atoms. The number of amides is 1. The van der Waals surface area contributed by atoms with Gasteiger partial charge in [-0.3, -0.25) is 4.79 Å². The number of aliphatic carboxylic acids is 1. The first-order chi connectivity index (χ1) is 11.9. The lowest BCUT2D eigenvalue weighted by atomic mass is 10.0. The van der Waals surface area contributed by atoms with Crippen molar-refractivity contribution in [1.29, 1.82) is 0 Å². The minimum absolute atomic E-state index is 0.219. The molecule has 1 N–H and O–H groups in total. The molecule has 1 aromatic carbocycles. The molecule has 1 fully saturated rings. The van der Waals surface area contributed by atoms with Crippen molar-refractivity contribution >= 4 is 35.1 Å². The van der Waals surface area contributed by atoms with Crippen LogP contribution in [-0.4, -0.2) is 44.3 Å². The number of piperidine rings is 1. The Bertz CT molecular complexity index is 835. The molecular weight excluding hydrogens is 365 g/mol. The Balaban J connectivity index is 1.92. The number of carbonyl (C=O) groups excluding carboxylic acids is 1. The van der Waals surface area contributed by atoms with E-state index >= 15 is 0 Å². The van der Waals surface area contributed by atoms with Gasteiger partial charge < -0.3 is 10.0 Å². The van der Waals surface area contributed by atoms with Crippen molar-refractivity contribution < 1.29 is 14.7 Å². The van der Waals surface area contributed by atoms with Gasteiger partial charge in [0.1, 0.15) is 6.04 Å². The van der Waals surface area contributed by atoms with Gasteiger partial charge >= 0.3 is 5.97 Å². The molecule has 1 unspecified atom stereocenters. The van der Waals surface area contributed by atoms with Crippen molar-refractivity contribution in [2.45, 2.75) is 32.2 Å². The summed E-state index contributed by atoms with van der Waals surface area (Å²) in [5, 5.41) is 14.5. The average molecular weight is 382 g/mol. The van der Waals surface area contributed by atoms with Crippen LogP contribution in [0.4, 0.5) is 0 Å². The van der Waals surface area contributed by atoms with E-state index in [1.165, 1.54) is 4.90 Å². The lowest BCUT2D eigenvalue weighted by Gasteiger charge is -2.32. The molecular formula is C17H17Cl2N3O3. The SMILES string of the molecule is Cc1cc(C(=O)N2CCCCC2C(=O)O)nn1-c1ccc(Cl)c(Cl)c1. The largest absolute Gasteiger partial charge is 0.480 e. The highest BCUT2D eigenvalue weighted by atomic mass is 35.5. The van der Waals surface area contributed by atoms with Crippen LogP contribution in [0.3, 0.4) is 0 Å². The number of aromatic nitrogens is 2. The number of carboxylic acid groups (broad SMARTS) is 1. The van der Waals surface area contributed by atoms with Crippen molar-refractivity contribution in [3.05, 3.63) is 45.7 Å². The average Bonchev–Trinajstić information content (AvgIpc) is 2.98. The van der Waals surface area contributed by atoms with Gasteiger partial charge in [0.15, 0.2) is 5.69 Å². The minimum Gasteiger partial charge on any atom is -0.480 e. The van der Waals surface area contributed by atoms with Gasteiger partial charge in [0.25, 0.3) is 5.91 Å². The second-order valence-electron chi connectivity index (χ2n) is 6.03. The first-order valence-corrected chi connectivity index (χ1v) is 8.70. The number of carbonyl (C=O) groups is 2. The fourth-order valence-corrected chi connectivity index (χ4v) is 3.33. The zero-order chi connectivity index (χ0) is 18.1. The monoisotopic (exact) mass is 381 g/mol. The molecule has 1 amide bonds. The summed E-state index contributed by atoms with van der Waals surface area (Å²) < 4.78 is 1.59. The van der Waals surface area contributed by atoms with Gasteiger partial charge in [-0.1, -0.05) is 23.2 Å². The molecule has 0 saturated carbocycles. The zero-order valence-corrected chi connectivity index (χ0v) is 15.1. The molecule has 132 valence electrons. The minimum atomic E-state index is -0.978. The van der Waals surface area contributed by atoms with Gasteiger partial charge in [0.2, 0.25) is 0 Å². The Morgan fingerprint density at radius 1 is 1.20 bits per heavy atom. The summed E-state index contributed by atoms with van der Waals surface area (Å²) >= 11 is 12.0. The fourth-order valence-electron chi connectivity index (χ4n) is 3.04. The fraction of sp³-hybridized carbons (Fsp3) is 0.353. The summed E-state index contributed by atoms with van der Waals surface area (Å²) in [6, 6.07) is 5.94. The normalized spacial score (nSPS) is 17.6. The Kier molecular flexibility index (Phi) is 5.01. The lowest BCUT2D eigenvalue weighted by Crippen LogP contribution is -2.48. The van der Waals surface area contributed by atoms with Crippen LogP contribution in [0.15, 0.2) is 24.3 Å². The van der Waals surface area contributed by atoms with E-state index in [-0.39, 0.29) is 11.6 Å². The van der Waals surface area contributed by atoms with Gasteiger partial charge in [-0.2, -0.15) is 5.10 Å². The van der Waals surface area contributed by atoms with E-state index in [2.05, 4.69) is 5.10 Å². The standard InChI is InChI=1S/C17H17Cl2N3O3/c1-10-8-14(16(23)21-7-3-2-4-15(21)17(24)25)20-22(10)11-5-6-12(18)13(19)9-11/h5-6,8-9,15H,2-4,7H2,1H3,(H,24,25). The highest BCUT2D eigenvalue weighted by Gasteiger charge is 2.33. The molecule has 8 heteroatoms. The molecule has 0 aliphatic carbocycles. The summed E-state index contributed by atoms with van der Waals surface area (Å²) in [5.74, 6) is -1.34. The van der Waals surface area contributed by atoms with Crippen LogP contribution in [0.5, 0.6) is 0 Å². The Morgan fingerprint density at radius 3 is 2.64 bits per heavy atom. The van der Waals surface area contributed by atoms with Crippen LogP contribution in [-0.2, 0) is 4.79 Å². The summed E-state index contributed by atoms with van der Waals surface area (Å²) in [5.41, 5.74) is 1.64. The molecule has 1 saturated heterocycles. The number of hydrogen-bond donors (Lipinski definition) is 1. The first-order valence-electron chi connectivity index (χ1n) is 7.94. The van der Waals surface area contributed by atoms with Crippen molar-refractivity contribution in [2.75, 3.05) is 6.54 Å². The first kappa shape index (κ1) is 17.8. The molecule has 0 radical (unpaired) electrons. The van der Waals surface area contributed by atoms with E-state index in [9.17, 15) is 14.7 Å². The quantitative estimate of drug-likeness (QED) is 0.881. The van der Waals surface area contributed by atoms with Gasteiger partial charge in [-0.25, -0.2) is 9.48 Å². The van der Waals surface area contributed by atoms with Gasteiger partial charge in [-0.15, -0.1) is 0 Å². The van der Waals surface area contributed by atoms with E-state index in [1.54, 1.807) is 28.9 Å². The van der Waals surface area contributed by atoms with Crippen molar-refractivity contribution in [3.8, 4) is 5.69 Å². The van der Waals surface area contributed by atoms with E-state index in [4.69, 9.17) is 23.2 Å². The number of rotatable bonds is 3. The number of halogens is 2. The maximum Gasteiger partial charge on any atom is 0.326 e. The van der Waals surface area contributed by atoms with Crippen molar-refractivity contribution in [3.63, 3.8) is 0 Å². The summed E-state index contributed by atoms with van der Waals surface area (Å²) in [7, 11) is 0. The Morgan fingerprint density at radius 2 is 1.96 bits per heavy atom. The van der Waals surface area contributed by atoms with Gasteiger partial charge in [0.05, 0.1) is 15.7 Å². The number of likely N-dealkylation sites (tertiary alicyclic amines) is 1. The summed E-state index contributed by atoms with van der Waals surface area (Å²) in [4.78, 5) is 25.6. The molecule has 0 spiro atoms. The molecule has 3 rings (SSSR count). The maximum absolute atomic E-state index is 12.8. The number of benzene rings is 1. The third kappa shape index (κ3) is 3.50. The van der Waals surface area contributed by atoms with Crippen LogP contribution in [0.25, 0.3) is 5.69 Å². The topological polar surface area (TPSA) is 75.4 Å². The molecule has 1 aromatic heterocycles. The van der Waals surface area contributed by atoms with E-state index in [0.717, 1.165) is 18.5 Å². The third-order valence-electron chi connectivity index (χ3n) is 4.30. The molecule has 6 nitrogen and oxygen atoms in total. The van der Waals surface area contributed by atoms with Gasteiger partial charge in [-0.05, 0) is 50.5 Å². The van der Waals surface area contributed by atoms with Crippen molar-refractivity contribution in [1.82, 2.24) is 14.7 Å². The molecule has 1 aliphatic heterocycles. The third-order valence-corrected chi connectivity index (χ3v) is 5.04. The summed E-state index contributed by atoms with van der Waals surface area (Å²) in [6.07, 6.45) is 2.06. The van der Waals surface area contributed by atoms with Crippen LogP contribution < -0.4 is 0 Å². The van der Waals surface area contributed by atoms with Gasteiger partial charge in [0, 0.05) is 12.2 Å². The van der Waals surface area contributed by atoms with E-state index in [1.807, 2.05) is 6.92 Å². The smallest absolute Gasteiger partial charge is 0.326 e. The van der Waals surface area contributed by atoms with Crippen LogP contribution in [0.1, 0.15) is 35.4 Å². The van der Waals surface area contributed by atoms with E-state index < -0.39 is 12.0 Å². The number of nitrogens with zero attached hydrogens (tertiary/aromatic N) is 3. The predicted molar refractivity (Wildman–Crippen MR) is 94.6 cm³/mol. The Hall–Kier alpha value is -2.05. The second-order valence-corrected chi connectivity index (χ2v) is 6.84. The highest BCUT2D eigenvalue weighted by Crippen LogP contribution is 2.26. The van der Waals surface area contributed by atoms with E-state index in [0.29, 0.717) is 28.7 Å². The maximum atomic E-state index is 12.8. The van der Waals surface area contributed by atoms with Crippen LogP contribution in [0, 0.1) is 6.92 Å². The lowest BCUT2D eigenvalue weighted by molar-refractivity contribution is -0.143. The molecule has 2 aromatic rings. The zero-order valence-electron chi connectivity index (χ0n) is 13.6. The number of hydrogen-bond acceptors (Lipinski definition) is 3. The van der Waals surface area contributed by atoms with Crippen LogP contribution in [0.2, 0.25) is 10.0 Å². The summed E-state index contributed by atoms with van der Waals surface area (Å²) in [6.45, 7) is 2.24. The second kappa shape index (κ2) is 7.06. The molecule has 2 heterocycles. The highest BCUT2D eigenvalue weighted by molar-refractivity contribution is 6.42.